The molecular weight excluding hydrogens is 340 g/mol. The zero-order valence-electron chi connectivity index (χ0n) is 18.0. The summed E-state index contributed by atoms with van der Waals surface area (Å²) < 4.78 is 0. The summed E-state index contributed by atoms with van der Waals surface area (Å²) in [7, 11) is 0. The van der Waals surface area contributed by atoms with Crippen molar-refractivity contribution >= 4 is 0 Å². The molecule has 1 heterocycles. The van der Waals surface area contributed by atoms with Crippen molar-refractivity contribution in [3.8, 4) is 11.1 Å². The summed E-state index contributed by atoms with van der Waals surface area (Å²) in [5.74, 6) is 2.90. The molecule has 0 radical (unpaired) electrons. The second kappa shape index (κ2) is 11.3. The maximum Gasteiger partial charge on any atom is 0.128 e. The molecule has 2 heteroatoms. The van der Waals surface area contributed by atoms with E-state index < -0.39 is 0 Å². The van der Waals surface area contributed by atoms with Crippen LogP contribution in [0.2, 0.25) is 0 Å². The highest BCUT2D eigenvalue weighted by atomic mass is 14.9. The third kappa shape index (κ3) is 6.43. The molecule has 0 bridgehead atoms. The van der Waals surface area contributed by atoms with Crippen molar-refractivity contribution < 1.29 is 0 Å². The molecule has 1 aliphatic rings. The molecule has 0 unspecified atom stereocenters. The zero-order chi connectivity index (χ0) is 19.6. The van der Waals surface area contributed by atoms with E-state index in [1.54, 1.807) is 0 Å². The Morgan fingerprint density at radius 3 is 1.93 bits per heavy atom. The van der Waals surface area contributed by atoms with Crippen LogP contribution in [0.3, 0.4) is 0 Å². The lowest BCUT2D eigenvalue weighted by atomic mass is 9.78. The van der Waals surface area contributed by atoms with E-state index in [4.69, 9.17) is 0 Å². The molecule has 28 heavy (non-hydrogen) atoms. The Bertz CT molecular complexity index is 667. The van der Waals surface area contributed by atoms with Crippen LogP contribution in [0.1, 0.15) is 89.4 Å². The number of rotatable bonds is 10. The van der Waals surface area contributed by atoms with E-state index in [2.05, 4.69) is 48.1 Å². The third-order valence-corrected chi connectivity index (χ3v) is 6.52. The van der Waals surface area contributed by atoms with Crippen LogP contribution in [-0.2, 0) is 12.8 Å². The highest BCUT2D eigenvalue weighted by Gasteiger charge is 2.20. The number of hydrogen-bond donors (Lipinski definition) is 0. The van der Waals surface area contributed by atoms with Gasteiger partial charge in [0.2, 0.25) is 0 Å². The highest BCUT2D eigenvalue weighted by molar-refractivity contribution is 5.61. The molecule has 1 saturated carbocycles. The Morgan fingerprint density at radius 1 is 0.714 bits per heavy atom. The number of nitrogens with zero attached hydrogens (tertiary/aromatic N) is 2. The second-order valence-electron chi connectivity index (χ2n) is 8.76. The first-order valence-corrected chi connectivity index (χ1v) is 11.7. The van der Waals surface area contributed by atoms with Gasteiger partial charge in [-0.1, -0.05) is 89.5 Å². The van der Waals surface area contributed by atoms with Gasteiger partial charge in [-0.2, -0.15) is 0 Å². The van der Waals surface area contributed by atoms with Crippen molar-refractivity contribution in [1.29, 1.82) is 0 Å². The van der Waals surface area contributed by atoms with E-state index in [-0.39, 0.29) is 0 Å². The molecule has 0 spiro atoms. The van der Waals surface area contributed by atoms with Crippen molar-refractivity contribution in [2.45, 2.75) is 90.9 Å². The first-order chi connectivity index (χ1) is 13.8. The van der Waals surface area contributed by atoms with Gasteiger partial charge in [-0.3, -0.25) is 0 Å². The van der Waals surface area contributed by atoms with Crippen LogP contribution in [0.5, 0.6) is 0 Å². The van der Waals surface area contributed by atoms with Crippen molar-refractivity contribution in [2.75, 3.05) is 0 Å². The number of aromatic nitrogens is 2. The first kappa shape index (κ1) is 21.0. The molecule has 0 atom stereocenters. The summed E-state index contributed by atoms with van der Waals surface area (Å²) in [6.07, 6.45) is 19.9. The van der Waals surface area contributed by atoms with Crippen molar-refractivity contribution in [2.24, 2.45) is 11.8 Å². The minimum Gasteiger partial charge on any atom is -0.241 e. The molecule has 2 aromatic rings. The van der Waals surface area contributed by atoms with Gasteiger partial charge >= 0.3 is 0 Å². The van der Waals surface area contributed by atoms with Crippen LogP contribution in [0.15, 0.2) is 36.7 Å². The van der Waals surface area contributed by atoms with Crippen LogP contribution < -0.4 is 0 Å². The van der Waals surface area contributed by atoms with Gasteiger partial charge in [0.05, 0.1) is 0 Å². The Balaban J connectivity index is 1.44. The molecular formula is C26H38N2. The highest BCUT2D eigenvalue weighted by Crippen LogP contribution is 2.34. The number of unbranched alkanes of at least 4 members (excludes halogenated alkanes) is 2. The zero-order valence-corrected chi connectivity index (χ0v) is 18.0. The molecule has 3 rings (SSSR count). The topological polar surface area (TPSA) is 25.8 Å². The van der Waals surface area contributed by atoms with Gasteiger partial charge in [0.1, 0.15) is 5.82 Å². The monoisotopic (exact) mass is 378 g/mol. The summed E-state index contributed by atoms with van der Waals surface area (Å²) in [5.41, 5.74) is 3.77. The molecule has 152 valence electrons. The van der Waals surface area contributed by atoms with Crippen LogP contribution >= 0.6 is 0 Å². The fourth-order valence-electron chi connectivity index (χ4n) is 4.51. The van der Waals surface area contributed by atoms with Crippen LogP contribution in [0, 0.1) is 11.8 Å². The van der Waals surface area contributed by atoms with E-state index in [0.717, 1.165) is 29.6 Å². The number of hydrogen-bond acceptors (Lipinski definition) is 2. The van der Waals surface area contributed by atoms with E-state index >= 15 is 0 Å². The van der Waals surface area contributed by atoms with Crippen molar-refractivity contribution in [3.63, 3.8) is 0 Å². The Kier molecular flexibility index (Phi) is 8.51. The van der Waals surface area contributed by atoms with Crippen molar-refractivity contribution in [1.82, 2.24) is 9.97 Å². The largest absolute Gasteiger partial charge is 0.241 e. The van der Waals surface area contributed by atoms with Crippen LogP contribution in [0.25, 0.3) is 11.1 Å². The van der Waals surface area contributed by atoms with Gasteiger partial charge in [-0.25, -0.2) is 9.97 Å². The number of benzene rings is 1. The van der Waals surface area contributed by atoms with Crippen LogP contribution in [0.4, 0.5) is 0 Å². The summed E-state index contributed by atoms with van der Waals surface area (Å²) in [5, 5.41) is 0. The molecule has 0 amide bonds. The van der Waals surface area contributed by atoms with Gasteiger partial charge in [0.15, 0.2) is 0 Å². The maximum absolute atomic E-state index is 4.66. The summed E-state index contributed by atoms with van der Waals surface area (Å²) in [6.45, 7) is 4.55. The molecule has 0 aliphatic heterocycles. The maximum atomic E-state index is 4.66. The molecule has 1 fully saturated rings. The standard InChI is InChI=1S/C26H38N2/c1-3-5-7-21-9-11-23(12-10-21)15-18-26-27-19-25(20-28-26)24-16-13-22(14-17-24)8-6-4-2/h13-14,16-17,19-21,23H,3-12,15,18H2,1-2H3/t21-,23-. The Labute approximate surface area is 172 Å². The third-order valence-electron chi connectivity index (χ3n) is 6.52. The lowest BCUT2D eigenvalue weighted by Gasteiger charge is -2.28. The predicted octanol–water partition coefficient (Wildman–Crippen LogP) is 7.42. The predicted molar refractivity (Wildman–Crippen MR) is 119 cm³/mol. The fourth-order valence-corrected chi connectivity index (χ4v) is 4.51. The van der Waals surface area contributed by atoms with Crippen LogP contribution in [-0.4, -0.2) is 9.97 Å². The smallest absolute Gasteiger partial charge is 0.128 e. The van der Waals surface area contributed by atoms with E-state index in [0.29, 0.717) is 0 Å². The van der Waals surface area contributed by atoms with Gasteiger partial charge < -0.3 is 0 Å². The molecule has 1 aromatic carbocycles. The van der Waals surface area contributed by atoms with Gasteiger partial charge in [-0.05, 0) is 42.2 Å². The normalized spacial score (nSPS) is 19.6. The summed E-state index contributed by atoms with van der Waals surface area (Å²) in [6, 6.07) is 8.91. The summed E-state index contributed by atoms with van der Waals surface area (Å²) in [4.78, 5) is 9.31. The molecule has 2 nitrogen and oxygen atoms in total. The van der Waals surface area contributed by atoms with E-state index in [9.17, 15) is 0 Å². The molecule has 0 saturated heterocycles. The van der Waals surface area contributed by atoms with Gasteiger partial charge in [0, 0.05) is 24.4 Å². The fraction of sp³-hybridized carbons (Fsp3) is 0.615. The lowest BCUT2D eigenvalue weighted by molar-refractivity contribution is 0.249. The van der Waals surface area contributed by atoms with Crippen molar-refractivity contribution in [3.05, 3.63) is 48.0 Å². The average molecular weight is 379 g/mol. The quantitative estimate of drug-likeness (QED) is 0.430. The van der Waals surface area contributed by atoms with Gasteiger partial charge in [0.25, 0.3) is 0 Å². The molecule has 1 aromatic heterocycles. The summed E-state index contributed by atoms with van der Waals surface area (Å²) >= 11 is 0. The molecule has 0 N–H and O–H groups in total. The minimum atomic E-state index is 0.886. The Morgan fingerprint density at radius 2 is 1.32 bits per heavy atom. The minimum absolute atomic E-state index is 0.886. The number of aryl methyl sites for hydroxylation is 2. The first-order valence-electron chi connectivity index (χ1n) is 11.7. The Hall–Kier alpha value is -1.70. The molecule has 1 aliphatic carbocycles. The SMILES string of the molecule is CCCCc1ccc(-c2cnc(CC[C@H]3CC[C@H](CCCC)CC3)nc2)cc1. The van der Waals surface area contributed by atoms with E-state index in [1.807, 2.05) is 12.4 Å². The average Bonchev–Trinajstić information content (AvgIpc) is 2.76. The second-order valence-corrected chi connectivity index (χ2v) is 8.76. The van der Waals surface area contributed by atoms with Gasteiger partial charge in [-0.15, -0.1) is 0 Å². The van der Waals surface area contributed by atoms with E-state index in [1.165, 1.54) is 81.8 Å². The lowest BCUT2D eigenvalue weighted by Crippen LogP contribution is -2.15.